The Labute approximate surface area is 101 Å². The highest BCUT2D eigenvalue weighted by molar-refractivity contribution is 6.69. The molecule has 1 saturated heterocycles. The van der Waals surface area contributed by atoms with Crippen LogP contribution in [-0.4, -0.2) is 25.6 Å². The summed E-state index contributed by atoms with van der Waals surface area (Å²) in [5.74, 6) is 0. The van der Waals surface area contributed by atoms with Crippen LogP contribution in [0.1, 0.15) is 33.6 Å². The van der Waals surface area contributed by atoms with Crippen molar-refractivity contribution in [1.29, 1.82) is 0 Å². The van der Waals surface area contributed by atoms with Gasteiger partial charge in [0.2, 0.25) is 0 Å². The molecule has 0 aromatic heterocycles. The van der Waals surface area contributed by atoms with Crippen molar-refractivity contribution in [3.8, 4) is 0 Å². The molecule has 2 atom stereocenters. The van der Waals surface area contributed by atoms with E-state index in [-0.39, 0.29) is 17.3 Å². The summed E-state index contributed by atoms with van der Waals surface area (Å²) in [6.07, 6.45) is 4.19. The lowest BCUT2D eigenvalue weighted by Gasteiger charge is -2.38. The molecule has 0 aromatic carbocycles. The van der Waals surface area contributed by atoms with Gasteiger partial charge in [0.25, 0.3) is 0 Å². The fourth-order valence-corrected chi connectivity index (χ4v) is 4.06. The first-order valence-corrected chi connectivity index (χ1v) is 9.50. The van der Waals surface area contributed by atoms with Crippen molar-refractivity contribution in [2.24, 2.45) is 0 Å². The first kappa shape index (κ1) is 13.9. The molecular formula is C13H26O2Si. The highest BCUT2D eigenvalue weighted by atomic mass is 28.4. The van der Waals surface area contributed by atoms with Gasteiger partial charge in [-0.2, -0.15) is 0 Å². The summed E-state index contributed by atoms with van der Waals surface area (Å²) < 4.78 is 12.3. The van der Waals surface area contributed by atoms with Crippen molar-refractivity contribution >= 4 is 8.32 Å². The predicted octanol–water partition coefficient (Wildman–Crippen LogP) is 3.74. The monoisotopic (exact) mass is 242 g/mol. The van der Waals surface area contributed by atoms with Crippen LogP contribution in [0.25, 0.3) is 0 Å². The molecule has 3 heteroatoms. The van der Waals surface area contributed by atoms with Gasteiger partial charge in [0, 0.05) is 0 Å². The minimum Gasteiger partial charge on any atom is -0.410 e. The third kappa shape index (κ3) is 3.44. The lowest BCUT2D eigenvalue weighted by Crippen LogP contribution is -2.47. The summed E-state index contributed by atoms with van der Waals surface area (Å²) in [5.41, 5.74) is -0.351. The summed E-state index contributed by atoms with van der Waals surface area (Å²) in [7, 11) is -1.52. The highest BCUT2D eigenvalue weighted by Gasteiger charge is 2.43. The normalized spacial score (nSPS) is 31.8. The topological polar surface area (TPSA) is 18.5 Å². The van der Waals surface area contributed by atoms with Gasteiger partial charge in [-0.1, -0.05) is 6.08 Å². The van der Waals surface area contributed by atoms with E-state index >= 15 is 0 Å². The lowest BCUT2D eigenvalue weighted by atomic mass is 9.97. The van der Waals surface area contributed by atoms with E-state index in [1.807, 2.05) is 6.08 Å². The third-order valence-electron chi connectivity index (χ3n) is 3.09. The first-order valence-electron chi connectivity index (χ1n) is 6.10. The molecule has 0 N–H and O–H groups in total. The number of hydrogen-bond donors (Lipinski definition) is 0. The van der Waals surface area contributed by atoms with E-state index in [1.165, 1.54) is 0 Å². The van der Waals surface area contributed by atoms with Gasteiger partial charge in [0.05, 0.1) is 17.3 Å². The van der Waals surface area contributed by atoms with Gasteiger partial charge in [-0.3, -0.25) is 0 Å². The molecule has 1 heterocycles. The first-order chi connectivity index (χ1) is 7.08. The van der Waals surface area contributed by atoms with E-state index in [4.69, 9.17) is 9.16 Å². The zero-order valence-corrected chi connectivity index (χ0v) is 12.6. The molecule has 94 valence electrons. The van der Waals surface area contributed by atoms with Crippen LogP contribution in [0.3, 0.4) is 0 Å². The molecule has 0 radical (unpaired) electrons. The molecule has 0 spiro atoms. The minimum atomic E-state index is -1.52. The number of hydrogen-bond acceptors (Lipinski definition) is 2. The van der Waals surface area contributed by atoms with Crippen LogP contribution in [0.5, 0.6) is 0 Å². The molecule has 0 unspecified atom stereocenters. The quantitative estimate of drug-likeness (QED) is 0.552. The SMILES string of the molecule is C=C[C@]1(C)CC[C@@H](C(C)(C)O[Si](C)(C)C)O1. The van der Waals surface area contributed by atoms with Crippen molar-refractivity contribution in [1.82, 2.24) is 0 Å². The second-order valence-electron chi connectivity index (χ2n) is 6.48. The molecule has 1 aliphatic rings. The van der Waals surface area contributed by atoms with E-state index in [1.54, 1.807) is 0 Å². The van der Waals surface area contributed by atoms with E-state index in [0.29, 0.717) is 0 Å². The van der Waals surface area contributed by atoms with Crippen LogP contribution >= 0.6 is 0 Å². The Kier molecular flexibility index (Phi) is 3.73. The summed E-state index contributed by atoms with van der Waals surface area (Å²) >= 11 is 0. The van der Waals surface area contributed by atoms with Crippen molar-refractivity contribution in [2.45, 2.75) is 70.6 Å². The molecule has 1 rings (SSSR count). The van der Waals surface area contributed by atoms with Crippen molar-refractivity contribution in [2.75, 3.05) is 0 Å². The van der Waals surface area contributed by atoms with E-state index in [2.05, 4.69) is 47.0 Å². The smallest absolute Gasteiger partial charge is 0.184 e. The van der Waals surface area contributed by atoms with Crippen LogP contribution in [0, 0.1) is 0 Å². The Hall–Kier alpha value is -0.123. The Balaban J connectivity index is 2.69. The van der Waals surface area contributed by atoms with Crippen LogP contribution in [-0.2, 0) is 9.16 Å². The molecule has 16 heavy (non-hydrogen) atoms. The Morgan fingerprint density at radius 1 is 1.44 bits per heavy atom. The average Bonchev–Trinajstić information content (AvgIpc) is 2.45. The van der Waals surface area contributed by atoms with Gasteiger partial charge in [-0.25, -0.2) is 0 Å². The van der Waals surface area contributed by atoms with Crippen molar-refractivity contribution < 1.29 is 9.16 Å². The third-order valence-corrected chi connectivity index (χ3v) is 4.23. The van der Waals surface area contributed by atoms with Gasteiger partial charge >= 0.3 is 0 Å². The van der Waals surface area contributed by atoms with Gasteiger partial charge < -0.3 is 9.16 Å². The maximum Gasteiger partial charge on any atom is 0.184 e. The predicted molar refractivity (Wildman–Crippen MR) is 71.2 cm³/mol. The molecule has 0 aliphatic carbocycles. The van der Waals surface area contributed by atoms with Gasteiger partial charge in [-0.05, 0) is 53.3 Å². The van der Waals surface area contributed by atoms with Gasteiger partial charge in [0.1, 0.15) is 0 Å². The van der Waals surface area contributed by atoms with E-state index < -0.39 is 8.32 Å². The fourth-order valence-electron chi connectivity index (χ4n) is 2.36. The standard InChI is InChI=1S/C13H26O2Si/c1-8-13(4)10-9-11(14-13)12(2,3)15-16(5,6)7/h8,11H,1,9-10H2,2-7H3/t11-,13+/m0/s1. The second-order valence-corrected chi connectivity index (χ2v) is 10.9. The van der Waals surface area contributed by atoms with Crippen molar-refractivity contribution in [3.63, 3.8) is 0 Å². The molecule has 0 aromatic rings. The summed E-state index contributed by atoms with van der Waals surface area (Å²) in [6, 6.07) is 0. The Bertz CT molecular complexity index is 268. The molecule has 0 bridgehead atoms. The highest BCUT2D eigenvalue weighted by Crippen LogP contribution is 2.38. The minimum absolute atomic E-state index is 0.162. The molecule has 2 nitrogen and oxygen atoms in total. The van der Waals surface area contributed by atoms with E-state index in [9.17, 15) is 0 Å². The van der Waals surface area contributed by atoms with Crippen LogP contribution in [0.2, 0.25) is 19.6 Å². The summed E-state index contributed by atoms with van der Waals surface area (Å²) in [6.45, 7) is 16.9. The molecule has 0 saturated carbocycles. The molecule has 1 aliphatic heterocycles. The lowest BCUT2D eigenvalue weighted by molar-refractivity contribution is -0.0909. The molecule has 0 amide bonds. The second kappa shape index (κ2) is 4.28. The van der Waals surface area contributed by atoms with Crippen LogP contribution in [0.15, 0.2) is 12.7 Å². The summed E-state index contributed by atoms with van der Waals surface area (Å²) in [5, 5.41) is 0. The number of ether oxygens (including phenoxy) is 1. The fraction of sp³-hybridized carbons (Fsp3) is 0.846. The largest absolute Gasteiger partial charge is 0.410 e. The van der Waals surface area contributed by atoms with E-state index in [0.717, 1.165) is 12.8 Å². The summed E-state index contributed by atoms with van der Waals surface area (Å²) in [4.78, 5) is 0. The van der Waals surface area contributed by atoms with Crippen LogP contribution in [0.4, 0.5) is 0 Å². The maximum atomic E-state index is 6.23. The van der Waals surface area contributed by atoms with Gasteiger partial charge in [-0.15, -0.1) is 6.58 Å². The van der Waals surface area contributed by atoms with Gasteiger partial charge in [0.15, 0.2) is 8.32 Å². The molecule has 1 fully saturated rings. The maximum absolute atomic E-state index is 6.23. The van der Waals surface area contributed by atoms with Crippen molar-refractivity contribution in [3.05, 3.63) is 12.7 Å². The average molecular weight is 242 g/mol. The number of rotatable bonds is 4. The Morgan fingerprint density at radius 2 is 2.00 bits per heavy atom. The Morgan fingerprint density at radius 3 is 2.38 bits per heavy atom. The zero-order valence-electron chi connectivity index (χ0n) is 11.6. The molecular weight excluding hydrogens is 216 g/mol. The zero-order chi connectivity index (χ0) is 12.6. The van der Waals surface area contributed by atoms with Crippen LogP contribution < -0.4 is 0 Å².